The molecule has 2 rings (SSSR count). The number of nitrogens with zero attached hydrogens (tertiary/aromatic N) is 2. The van der Waals surface area contributed by atoms with Gasteiger partial charge in [-0.2, -0.15) is 0 Å². The maximum Gasteiger partial charge on any atom is 0.273 e. The maximum absolute atomic E-state index is 12.4. The van der Waals surface area contributed by atoms with Crippen molar-refractivity contribution in [3.63, 3.8) is 0 Å². The highest BCUT2D eigenvalue weighted by atomic mass is 32.1. The fraction of sp³-hybridized carbons (Fsp3) is 0.615. The number of aromatic nitrogens is 1. The van der Waals surface area contributed by atoms with Crippen molar-refractivity contribution in [2.45, 2.75) is 33.1 Å². The monoisotopic (exact) mass is 281 g/mol. The zero-order valence-electron chi connectivity index (χ0n) is 11.3. The van der Waals surface area contributed by atoms with E-state index in [-0.39, 0.29) is 11.8 Å². The van der Waals surface area contributed by atoms with Crippen molar-refractivity contribution in [2.24, 2.45) is 5.92 Å². The molecule has 19 heavy (non-hydrogen) atoms. The fourth-order valence-electron chi connectivity index (χ4n) is 1.90. The molecule has 0 radical (unpaired) electrons. The molecule has 0 bridgehead atoms. The van der Waals surface area contributed by atoms with Crippen LogP contribution in [0.3, 0.4) is 0 Å². The SMILES string of the molecule is CCCN(CC1CC1)C(=O)c1csc(NC(C)=O)n1. The predicted molar refractivity (Wildman–Crippen MR) is 75.3 cm³/mol. The molecule has 1 fully saturated rings. The lowest BCUT2D eigenvalue weighted by Crippen LogP contribution is -2.33. The number of hydrogen-bond donors (Lipinski definition) is 1. The Morgan fingerprint density at radius 2 is 2.26 bits per heavy atom. The summed E-state index contributed by atoms with van der Waals surface area (Å²) >= 11 is 1.29. The third-order valence-electron chi connectivity index (χ3n) is 2.96. The lowest BCUT2D eigenvalue weighted by atomic mass is 10.3. The lowest BCUT2D eigenvalue weighted by Gasteiger charge is -2.20. The van der Waals surface area contributed by atoms with Crippen LogP contribution in [0.4, 0.5) is 5.13 Å². The average molecular weight is 281 g/mol. The molecule has 1 heterocycles. The number of carbonyl (C=O) groups excluding carboxylic acids is 2. The molecule has 1 N–H and O–H groups in total. The molecule has 104 valence electrons. The number of thiazole rings is 1. The van der Waals surface area contributed by atoms with Crippen molar-refractivity contribution < 1.29 is 9.59 Å². The van der Waals surface area contributed by atoms with Crippen LogP contribution in [0.5, 0.6) is 0 Å². The molecule has 5 nitrogen and oxygen atoms in total. The van der Waals surface area contributed by atoms with Crippen LogP contribution in [-0.4, -0.2) is 34.8 Å². The zero-order valence-corrected chi connectivity index (χ0v) is 12.1. The summed E-state index contributed by atoms with van der Waals surface area (Å²) < 4.78 is 0. The van der Waals surface area contributed by atoms with Crippen LogP contribution in [0.25, 0.3) is 0 Å². The van der Waals surface area contributed by atoms with E-state index in [1.165, 1.54) is 31.1 Å². The summed E-state index contributed by atoms with van der Waals surface area (Å²) in [7, 11) is 0. The van der Waals surface area contributed by atoms with E-state index in [2.05, 4.69) is 17.2 Å². The molecule has 6 heteroatoms. The van der Waals surface area contributed by atoms with Crippen LogP contribution in [0.1, 0.15) is 43.6 Å². The number of amides is 2. The average Bonchev–Trinajstić information content (AvgIpc) is 3.05. The molecule has 1 aliphatic carbocycles. The van der Waals surface area contributed by atoms with Crippen LogP contribution in [0.15, 0.2) is 5.38 Å². The molecule has 0 aliphatic heterocycles. The first-order valence-corrected chi connectivity index (χ1v) is 7.50. The minimum absolute atomic E-state index is 0.0263. The van der Waals surface area contributed by atoms with Crippen LogP contribution < -0.4 is 5.32 Å². The summed E-state index contributed by atoms with van der Waals surface area (Å²) in [4.78, 5) is 29.4. The van der Waals surface area contributed by atoms with E-state index >= 15 is 0 Å². The van der Waals surface area contributed by atoms with Gasteiger partial charge in [0.1, 0.15) is 5.69 Å². The van der Waals surface area contributed by atoms with Gasteiger partial charge >= 0.3 is 0 Å². The minimum Gasteiger partial charge on any atom is -0.337 e. The maximum atomic E-state index is 12.4. The standard InChI is InChI=1S/C13H19N3O2S/c1-3-6-16(7-10-4-5-10)12(18)11-8-19-13(15-11)14-9(2)17/h8,10H,3-7H2,1-2H3,(H,14,15,17). The molecule has 1 aromatic heterocycles. The quantitative estimate of drug-likeness (QED) is 0.870. The number of nitrogens with one attached hydrogen (secondary N) is 1. The van der Waals surface area contributed by atoms with Gasteiger partial charge < -0.3 is 10.2 Å². The highest BCUT2D eigenvalue weighted by Crippen LogP contribution is 2.30. The Morgan fingerprint density at radius 3 is 2.84 bits per heavy atom. The van der Waals surface area contributed by atoms with E-state index in [4.69, 9.17) is 0 Å². The smallest absolute Gasteiger partial charge is 0.273 e. The minimum atomic E-state index is -0.170. The van der Waals surface area contributed by atoms with Gasteiger partial charge in [0.2, 0.25) is 5.91 Å². The van der Waals surface area contributed by atoms with Gasteiger partial charge in [-0.25, -0.2) is 4.98 Å². The van der Waals surface area contributed by atoms with Crippen LogP contribution in [0.2, 0.25) is 0 Å². The normalized spacial score (nSPS) is 14.2. The van der Waals surface area contributed by atoms with Gasteiger partial charge in [0.05, 0.1) is 0 Å². The zero-order chi connectivity index (χ0) is 13.8. The Bertz CT molecular complexity index is 468. The van der Waals surface area contributed by atoms with E-state index < -0.39 is 0 Å². The van der Waals surface area contributed by atoms with Crippen molar-refractivity contribution in [3.8, 4) is 0 Å². The van der Waals surface area contributed by atoms with Crippen LogP contribution >= 0.6 is 11.3 Å². The van der Waals surface area contributed by atoms with E-state index in [0.29, 0.717) is 16.7 Å². The molecule has 0 unspecified atom stereocenters. The van der Waals surface area contributed by atoms with Crippen molar-refractivity contribution in [1.82, 2.24) is 9.88 Å². The van der Waals surface area contributed by atoms with Gasteiger partial charge in [-0.1, -0.05) is 6.92 Å². The van der Waals surface area contributed by atoms with Gasteiger partial charge in [-0.05, 0) is 25.2 Å². The number of hydrogen-bond acceptors (Lipinski definition) is 4. The third-order valence-corrected chi connectivity index (χ3v) is 3.72. The molecule has 1 saturated carbocycles. The van der Waals surface area contributed by atoms with Crippen molar-refractivity contribution >= 4 is 28.3 Å². The van der Waals surface area contributed by atoms with E-state index in [0.717, 1.165) is 19.5 Å². The first-order valence-electron chi connectivity index (χ1n) is 6.62. The Kier molecular flexibility index (Phi) is 4.52. The van der Waals surface area contributed by atoms with Crippen molar-refractivity contribution in [2.75, 3.05) is 18.4 Å². The van der Waals surface area contributed by atoms with E-state index in [1.54, 1.807) is 5.38 Å². The first-order chi connectivity index (χ1) is 9.10. The van der Waals surface area contributed by atoms with E-state index in [1.807, 2.05) is 4.90 Å². The van der Waals surface area contributed by atoms with E-state index in [9.17, 15) is 9.59 Å². The molecule has 1 aromatic rings. The Hall–Kier alpha value is -1.43. The van der Waals surface area contributed by atoms with Crippen molar-refractivity contribution in [1.29, 1.82) is 0 Å². The number of carbonyl (C=O) groups is 2. The Labute approximate surface area is 117 Å². The topological polar surface area (TPSA) is 62.3 Å². The second kappa shape index (κ2) is 6.14. The second-order valence-electron chi connectivity index (χ2n) is 4.91. The molecule has 0 atom stereocenters. The molecule has 0 saturated heterocycles. The number of rotatable bonds is 6. The fourth-order valence-corrected chi connectivity index (χ4v) is 2.63. The molecular formula is C13H19N3O2S. The Balaban J connectivity index is 2.02. The summed E-state index contributed by atoms with van der Waals surface area (Å²) in [5, 5.41) is 4.80. The van der Waals surface area contributed by atoms with Gasteiger partial charge in [-0.15, -0.1) is 11.3 Å². The summed E-state index contributed by atoms with van der Waals surface area (Å²) in [5.41, 5.74) is 0.433. The highest BCUT2D eigenvalue weighted by molar-refractivity contribution is 7.14. The van der Waals surface area contributed by atoms with Gasteiger partial charge in [-0.3, -0.25) is 9.59 Å². The first kappa shape index (κ1) is 14.0. The van der Waals surface area contributed by atoms with Gasteiger partial charge in [0.25, 0.3) is 5.91 Å². The highest BCUT2D eigenvalue weighted by Gasteiger charge is 2.27. The lowest BCUT2D eigenvalue weighted by molar-refractivity contribution is -0.114. The Morgan fingerprint density at radius 1 is 1.53 bits per heavy atom. The molecule has 0 spiro atoms. The molecule has 0 aromatic carbocycles. The second-order valence-corrected chi connectivity index (χ2v) is 5.77. The van der Waals surface area contributed by atoms with Gasteiger partial charge in [0, 0.05) is 25.4 Å². The summed E-state index contributed by atoms with van der Waals surface area (Å²) in [6, 6.07) is 0. The molecule has 2 amide bonds. The molecular weight excluding hydrogens is 262 g/mol. The van der Waals surface area contributed by atoms with Gasteiger partial charge in [0.15, 0.2) is 5.13 Å². The predicted octanol–water partition coefficient (Wildman–Crippen LogP) is 2.36. The summed E-state index contributed by atoms with van der Waals surface area (Å²) in [6.07, 6.45) is 3.39. The molecule has 1 aliphatic rings. The van der Waals surface area contributed by atoms with Crippen LogP contribution in [-0.2, 0) is 4.79 Å². The third kappa shape index (κ3) is 4.02. The number of anilines is 1. The largest absolute Gasteiger partial charge is 0.337 e. The van der Waals surface area contributed by atoms with Crippen molar-refractivity contribution in [3.05, 3.63) is 11.1 Å². The summed E-state index contributed by atoms with van der Waals surface area (Å²) in [6.45, 7) is 5.10. The summed E-state index contributed by atoms with van der Waals surface area (Å²) in [5.74, 6) is 0.474. The van der Waals surface area contributed by atoms with Crippen LogP contribution in [0, 0.1) is 5.92 Å².